The van der Waals surface area contributed by atoms with Crippen molar-refractivity contribution < 1.29 is 0 Å². The molecule has 19 heavy (non-hydrogen) atoms. The molecular formula is C15H15Br2ClS. The molecule has 102 valence electrons. The van der Waals surface area contributed by atoms with Crippen LogP contribution in [0.25, 0.3) is 0 Å². The summed E-state index contributed by atoms with van der Waals surface area (Å²) in [6.45, 7) is 6.70. The molecule has 2 aromatic rings. The van der Waals surface area contributed by atoms with Gasteiger partial charge in [-0.3, -0.25) is 0 Å². The zero-order valence-corrected chi connectivity index (χ0v) is 15.8. The maximum atomic E-state index is 6.36. The standard InChI is InChI=1S/C15H15Br2ClS/c1-15(2,3)12-8-7-11(19-12)13(17)9-5-4-6-10(16)14(9)18/h4-8,13H,1-3H3. The highest BCUT2D eigenvalue weighted by molar-refractivity contribution is 9.10. The average molecular weight is 423 g/mol. The fourth-order valence-corrected chi connectivity index (χ4v) is 4.39. The second kappa shape index (κ2) is 5.88. The molecule has 0 spiro atoms. The van der Waals surface area contributed by atoms with Crippen molar-refractivity contribution in [3.8, 4) is 0 Å². The van der Waals surface area contributed by atoms with Crippen molar-refractivity contribution in [2.75, 3.05) is 0 Å². The van der Waals surface area contributed by atoms with Crippen molar-refractivity contribution in [2.45, 2.75) is 31.0 Å². The predicted molar refractivity (Wildman–Crippen MR) is 92.9 cm³/mol. The van der Waals surface area contributed by atoms with Crippen LogP contribution in [-0.2, 0) is 5.41 Å². The van der Waals surface area contributed by atoms with Gasteiger partial charge in [-0.1, -0.05) is 60.4 Å². The molecule has 0 fully saturated rings. The van der Waals surface area contributed by atoms with Gasteiger partial charge < -0.3 is 0 Å². The number of hydrogen-bond donors (Lipinski definition) is 0. The van der Waals surface area contributed by atoms with Crippen LogP contribution in [0.5, 0.6) is 0 Å². The Morgan fingerprint density at radius 2 is 1.84 bits per heavy atom. The van der Waals surface area contributed by atoms with Crippen molar-refractivity contribution in [3.63, 3.8) is 0 Å². The van der Waals surface area contributed by atoms with Gasteiger partial charge in [-0.05, 0) is 45.1 Å². The highest BCUT2D eigenvalue weighted by Crippen LogP contribution is 2.42. The largest absolute Gasteiger partial charge is 0.143 e. The van der Waals surface area contributed by atoms with E-state index in [1.165, 1.54) is 9.75 Å². The van der Waals surface area contributed by atoms with Crippen molar-refractivity contribution in [2.24, 2.45) is 0 Å². The molecule has 1 aromatic carbocycles. The van der Waals surface area contributed by atoms with Gasteiger partial charge in [-0.15, -0.1) is 11.3 Å². The van der Waals surface area contributed by atoms with E-state index in [0.29, 0.717) is 0 Å². The molecule has 0 bridgehead atoms. The molecule has 0 radical (unpaired) electrons. The third-order valence-electron chi connectivity index (χ3n) is 2.87. The molecular weight excluding hydrogens is 407 g/mol. The van der Waals surface area contributed by atoms with E-state index < -0.39 is 0 Å². The van der Waals surface area contributed by atoms with Crippen molar-refractivity contribution in [3.05, 3.63) is 55.1 Å². The first-order valence-corrected chi connectivity index (χ1v) is 8.89. The number of rotatable bonds is 2. The van der Waals surface area contributed by atoms with Crippen LogP contribution < -0.4 is 0 Å². The highest BCUT2D eigenvalue weighted by Gasteiger charge is 2.21. The summed E-state index contributed by atoms with van der Waals surface area (Å²) in [5.41, 5.74) is 1.29. The normalized spacial score (nSPS) is 13.6. The van der Waals surface area contributed by atoms with Gasteiger partial charge in [0.05, 0.1) is 9.85 Å². The van der Waals surface area contributed by atoms with E-state index in [-0.39, 0.29) is 10.2 Å². The fourth-order valence-electron chi connectivity index (χ4n) is 1.76. The molecule has 2 rings (SSSR count). The fraction of sp³-hybridized carbons (Fsp3) is 0.333. The van der Waals surface area contributed by atoms with E-state index in [1.807, 2.05) is 23.5 Å². The van der Waals surface area contributed by atoms with Crippen LogP contribution in [0.2, 0.25) is 5.02 Å². The summed E-state index contributed by atoms with van der Waals surface area (Å²) in [6.07, 6.45) is 0. The van der Waals surface area contributed by atoms with Gasteiger partial charge in [0.15, 0.2) is 0 Å². The van der Waals surface area contributed by atoms with E-state index in [1.54, 1.807) is 0 Å². The van der Waals surface area contributed by atoms with Crippen molar-refractivity contribution in [1.29, 1.82) is 0 Å². The van der Waals surface area contributed by atoms with Gasteiger partial charge >= 0.3 is 0 Å². The van der Waals surface area contributed by atoms with Crippen LogP contribution in [0.4, 0.5) is 0 Å². The predicted octanol–water partition coefficient (Wildman–Crippen LogP) is 6.95. The summed E-state index contributed by atoms with van der Waals surface area (Å²) < 4.78 is 0.934. The molecule has 0 aliphatic rings. The lowest BCUT2D eigenvalue weighted by atomic mass is 9.95. The molecule has 0 N–H and O–H groups in total. The molecule has 0 aliphatic carbocycles. The zero-order chi connectivity index (χ0) is 14.2. The molecule has 1 unspecified atom stereocenters. The summed E-state index contributed by atoms with van der Waals surface area (Å²) in [7, 11) is 0. The van der Waals surface area contributed by atoms with Crippen LogP contribution in [0.3, 0.4) is 0 Å². The topological polar surface area (TPSA) is 0 Å². The lowest BCUT2D eigenvalue weighted by molar-refractivity contribution is 0.604. The Morgan fingerprint density at radius 1 is 1.16 bits per heavy atom. The molecule has 0 amide bonds. The van der Waals surface area contributed by atoms with Crippen LogP contribution >= 0.6 is 54.8 Å². The summed E-state index contributed by atoms with van der Waals surface area (Å²) in [5, 5.41) is 0.773. The SMILES string of the molecule is CC(C)(C)c1ccc(C(Br)c2cccc(Br)c2Cl)s1. The summed E-state index contributed by atoms with van der Waals surface area (Å²) in [6, 6.07) is 10.4. The number of benzene rings is 1. The van der Waals surface area contributed by atoms with Crippen LogP contribution in [0.15, 0.2) is 34.8 Å². The smallest absolute Gasteiger partial charge is 0.0752 e. The maximum Gasteiger partial charge on any atom is 0.0752 e. The van der Waals surface area contributed by atoms with Crippen LogP contribution in [-0.4, -0.2) is 0 Å². The first kappa shape index (κ1) is 15.6. The molecule has 0 nitrogen and oxygen atoms in total. The van der Waals surface area contributed by atoms with Gasteiger partial charge in [0.1, 0.15) is 0 Å². The summed E-state index contributed by atoms with van der Waals surface area (Å²) >= 11 is 15.4. The van der Waals surface area contributed by atoms with Crippen LogP contribution in [0, 0.1) is 0 Å². The minimum Gasteiger partial charge on any atom is -0.143 e. The molecule has 0 saturated carbocycles. The Morgan fingerprint density at radius 3 is 2.42 bits per heavy atom. The lowest BCUT2D eigenvalue weighted by Crippen LogP contribution is -2.07. The van der Waals surface area contributed by atoms with Crippen molar-refractivity contribution >= 4 is 54.8 Å². The number of halogens is 3. The van der Waals surface area contributed by atoms with Crippen LogP contribution in [0.1, 0.15) is 40.9 Å². The van der Waals surface area contributed by atoms with E-state index in [4.69, 9.17) is 11.6 Å². The second-order valence-electron chi connectivity index (χ2n) is 5.46. The van der Waals surface area contributed by atoms with E-state index >= 15 is 0 Å². The van der Waals surface area contributed by atoms with Gasteiger partial charge in [0.25, 0.3) is 0 Å². The number of thiophene rings is 1. The summed E-state index contributed by atoms with van der Waals surface area (Å²) in [5.74, 6) is 0. The molecule has 0 saturated heterocycles. The first-order valence-electron chi connectivity index (χ1n) is 5.99. The Kier molecular flexibility index (Phi) is 4.82. The van der Waals surface area contributed by atoms with E-state index in [9.17, 15) is 0 Å². The Balaban J connectivity index is 2.37. The maximum absolute atomic E-state index is 6.36. The Bertz CT molecular complexity index is 584. The lowest BCUT2D eigenvalue weighted by Gasteiger charge is -2.16. The van der Waals surface area contributed by atoms with E-state index in [2.05, 4.69) is 70.8 Å². The minimum absolute atomic E-state index is 0.138. The Labute approximate surface area is 140 Å². The molecule has 1 aromatic heterocycles. The number of hydrogen-bond acceptors (Lipinski definition) is 1. The second-order valence-corrected chi connectivity index (χ2v) is 8.72. The zero-order valence-electron chi connectivity index (χ0n) is 11.0. The van der Waals surface area contributed by atoms with E-state index in [0.717, 1.165) is 15.1 Å². The third-order valence-corrected chi connectivity index (χ3v) is 7.05. The first-order chi connectivity index (χ1) is 8.80. The molecule has 1 heterocycles. The molecule has 4 heteroatoms. The Hall–Kier alpha value is 0.170. The van der Waals surface area contributed by atoms with Crippen molar-refractivity contribution in [1.82, 2.24) is 0 Å². The molecule has 0 aliphatic heterocycles. The van der Waals surface area contributed by atoms with Gasteiger partial charge in [-0.2, -0.15) is 0 Å². The number of alkyl halides is 1. The quantitative estimate of drug-likeness (QED) is 0.460. The monoisotopic (exact) mass is 420 g/mol. The minimum atomic E-state index is 0.138. The molecule has 1 atom stereocenters. The van der Waals surface area contributed by atoms with Gasteiger partial charge in [0, 0.05) is 14.2 Å². The third kappa shape index (κ3) is 3.44. The summed E-state index contributed by atoms with van der Waals surface area (Å²) in [4.78, 5) is 2.81. The van der Waals surface area contributed by atoms with Gasteiger partial charge in [-0.25, -0.2) is 0 Å². The highest BCUT2D eigenvalue weighted by atomic mass is 79.9. The average Bonchev–Trinajstić information content (AvgIpc) is 2.81. The van der Waals surface area contributed by atoms with Gasteiger partial charge in [0.2, 0.25) is 0 Å².